The van der Waals surface area contributed by atoms with Gasteiger partial charge in [-0.05, 0) is 16.7 Å². The van der Waals surface area contributed by atoms with E-state index in [0.29, 0.717) is 25.1 Å². The number of rotatable bonds is 7. The number of carbonyl (C=O) groups is 1. The first-order valence-corrected chi connectivity index (χ1v) is 10.9. The largest absolute Gasteiger partial charge is 0.545 e. The number of carboxylic acid groups (broad SMARTS) is 1. The van der Waals surface area contributed by atoms with Gasteiger partial charge in [0.15, 0.2) is 0 Å². The lowest BCUT2D eigenvalue weighted by Crippen LogP contribution is -2.33. The molecule has 4 aromatic rings. The molecule has 0 bridgehead atoms. The van der Waals surface area contributed by atoms with Gasteiger partial charge in [0.05, 0.1) is 31.6 Å². The molecule has 1 saturated heterocycles. The Balaban J connectivity index is 1.43. The van der Waals surface area contributed by atoms with Crippen LogP contribution in [0.15, 0.2) is 97.6 Å². The molecule has 2 atom stereocenters. The standard InChI is InChI=1S/C27H24N2O4/c30-26(31)25-9-5-4-8-22(25)16-24-17-32-27(33-24,18-29-15-14-28-19-29)23-12-10-21(11-13-23)20-6-2-1-3-7-20/h1-15,19,24H,16-18H2,(H,30,31)/p-1. The van der Waals surface area contributed by atoms with Crippen molar-refractivity contribution in [3.8, 4) is 11.1 Å². The predicted octanol–water partition coefficient (Wildman–Crippen LogP) is 3.42. The molecule has 33 heavy (non-hydrogen) atoms. The Morgan fingerprint density at radius 1 is 1.00 bits per heavy atom. The Morgan fingerprint density at radius 3 is 2.45 bits per heavy atom. The van der Waals surface area contributed by atoms with Crippen molar-refractivity contribution >= 4 is 5.97 Å². The van der Waals surface area contributed by atoms with Gasteiger partial charge in [-0.15, -0.1) is 0 Å². The molecule has 1 aliphatic rings. The summed E-state index contributed by atoms with van der Waals surface area (Å²) in [6, 6.07) is 25.2. The Labute approximate surface area is 192 Å². The predicted molar refractivity (Wildman–Crippen MR) is 121 cm³/mol. The lowest BCUT2D eigenvalue weighted by atomic mass is 9.99. The van der Waals surface area contributed by atoms with E-state index in [1.165, 1.54) is 0 Å². The Bertz CT molecular complexity index is 1220. The van der Waals surface area contributed by atoms with Crippen LogP contribution in [0.4, 0.5) is 0 Å². The van der Waals surface area contributed by atoms with E-state index in [0.717, 1.165) is 16.7 Å². The molecule has 3 aromatic carbocycles. The van der Waals surface area contributed by atoms with Crippen LogP contribution in [-0.2, 0) is 28.2 Å². The fourth-order valence-corrected chi connectivity index (χ4v) is 4.30. The maximum Gasteiger partial charge on any atom is 0.213 e. The van der Waals surface area contributed by atoms with E-state index in [-0.39, 0.29) is 11.7 Å². The quantitative estimate of drug-likeness (QED) is 0.441. The normalized spacial score (nSPS) is 20.1. The van der Waals surface area contributed by atoms with E-state index in [1.54, 1.807) is 30.7 Å². The fraction of sp³-hybridized carbons (Fsp3) is 0.185. The van der Waals surface area contributed by atoms with Crippen LogP contribution in [0.3, 0.4) is 0 Å². The third kappa shape index (κ3) is 4.44. The van der Waals surface area contributed by atoms with Crippen molar-refractivity contribution in [2.24, 2.45) is 0 Å². The smallest absolute Gasteiger partial charge is 0.213 e. The first kappa shape index (κ1) is 21.1. The van der Waals surface area contributed by atoms with Crippen molar-refractivity contribution in [3.63, 3.8) is 0 Å². The Morgan fingerprint density at radius 2 is 1.73 bits per heavy atom. The minimum atomic E-state index is -1.19. The van der Waals surface area contributed by atoms with Gasteiger partial charge >= 0.3 is 0 Å². The van der Waals surface area contributed by atoms with Crippen molar-refractivity contribution in [2.75, 3.05) is 6.61 Å². The van der Waals surface area contributed by atoms with Gasteiger partial charge in [0.25, 0.3) is 0 Å². The van der Waals surface area contributed by atoms with Crippen molar-refractivity contribution in [2.45, 2.75) is 24.9 Å². The number of nitrogens with zero attached hydrogens (tertiary/aromatic N) is 2. The molecular formula is C27H23N2O4-. The van der Waals surface area contributed by atoms with Gasteiger partial charge in [-0.3, -0.25) is 0 Å². The minimum absolute atomic E-state index is 0.181. The minimum Gasteiger partial charge on any atom is -0.545 e. The second-order valence-corrected chi connectivity index (χ2v) is 8.13. The van der Waals surface area contributed by atoms with E-state index in [4.69, 9.17) is 9.47 Å². The number of carbonyl (C=O) groups excluding carboxylic acids is 1. The van der Waals surface area contributed by atoms with E-state index in [9.17, 15) is 9.90 Å². The highest BCUT2D eigenvalue weighted by Gasteiger charge is 2.43. The van der Waals surface area contributed by atoms with Gasteiger partial charge < -0.3 is 23.9 Å². The second kappa shape index (κ2) is 9.02. The third-order valence-corrected chi connectivity index (χ3v) is 5.93. The average Bonchev–Trinajstić information content (AvgIpc) is 3.51. The number of imidazole rings is 1. The van der Waals surface area contributed by atoms with Gasteiger partial charge in [0.2, 0.25) is 5.79 Å². The molecule has 2 unspecified atom stereocenters. The monoisotopic (exact) mass is 439 g/mol. The first-order chi connectivity index (χ1) is 16.1. The zero-order chi connectivity index (χ0) is 22.7. The van der Waals surface area contributed by atoms with Crippen LogP contribution in [0.5, 0.6) is 0 Å². The molecule has 6 heteroatoms. The molecule has 0 spiro atoms. The summed E-state index contributed by atoms with van der Waals surface area (Å²) in [6.07, 6.45) is 5.42. The molecule has 2 heterocycles. The van der Waals surface area contributed by atoms with Crippen LogP contribution >= 0.6 is 0 Å². The van der Waals surface area contributed by atoms with Gasteiger partial charge in [0.1, 0.15) is 0 Å². The van der Waals surface area contributed by atoms with Gasteiger partial charge in [-0.2, -0.15) is 0 Å². The van der Waals surface area contributed by atoms with Gasteiger partial charge in [-0.1, -0.05) is 78.9 Å². The Hall–Kier alpha value is -3.74. The summed E-state index contributed by atoms with van der Waals surface area (Å²) in [6.45, 7) is 0.771. The highest BCUT2D eigenvalue weighted by Crippen LogP contribution is 2.38. The summed E-state index contributed by atoms with van der Waals surface area (Å²) in [5, 5.41) is 11.5. The first-order valence-electron chi connectivity index (χ1n) is 10.9. The molecule has 5 rings (SSSR count). The molecule has 0 amide bonds. The highest BCUT2D eigenvalue weighted by atomic mass is 16.7. The maximum absolute atomic E-state index is 11.5. The fourth-order valence-electron chi connectivity index (χ4n) is 4.30. The van der Waals surface area contributed by atoms with Crippen LogP contribution in [0.25, 0.3) is 11.1 Å². The SMILES string of the molecule is O=C([O-])c1ccccc1CC1COC(Cn2ccnc2)(c2ccc(-c3ccccc3)cc2)O1. The summed E-state index contributed by atoms with van der Waals surface area (Å²) in [5.74, 6) is -2.19. The second-order valence-electron chi connectivity index (χ2n) is 8.13. The van der Waals surface area contributed by atoms with Crippen LogP contribution < -0.4 is 5.11 Å². The van der Waals surface area contributed by atoms with Crippen molar-refractivity contribution < 1.29 is 19.4 Å². The summed E-state index contributed by atoms with van der Waals surface area (Å²) in [7, 11) is 0. The zero-order valence-electron chi connectivity index (χ0n) is 18.0. The van der Waals surface area contributed by atoms with Gasteiger partial charge in [0, 0.05) is 29.9 Å². The molecule has 1 fully saturated rings. The van der Waals surface area contributed by atoms with Crippen LogP contribution in [0.1, 0.15) is 21.5 Å². The third-order valence-electron chi connectivity index (χ3n) is 5.93. The molecule has 166 valence electrons. The molecular weight excluding hydrogens is 416 g/mol. The van der Waals surface area contributed by atoms with Gasteiger partial charge in [-0.25, -0.2) is 4.98 Å². The number of hydrogen-bond acceptors (Lipinski definition) is 5. The number of aromatic carboxylic acids is 1. The van der Waals surface area contributed by atoms with Crippen molar-refractivity contribution in [1.29, 1.82) is 0 Å². The molecule has 1 aliphatic heterocycles. The molecule has 0 aliphatic carbocycles. The summed E-state index contributed by atoms with van der Waals surface area (Å²) < 4.78 is 14.7. The molecule has 1 aromatic heterocycles. The topological polar surface area (TPSA) is 76.4 Å². The lowest BCUT2D eigenvalue weighted by Gasteiger charge is -2.29. The van der Waals surface area contributed by atoms with E-state index < -0.39 is 11.8 Å². The van der Waals surface area contributed by atoms with E-state index in [1.807, 2.05) is 47.2 Å². The average molecular weight is 439 g/mol. The molecule has 0 radical (unpaired) electrons. The van der Waals surface area contributed by atoms with Crippen LogP contribution in [0.2, 0.25) is 0 Å². The van der Waals surface area contributed by atoms with Crippen LogP contribution in [0, 0.1) is 0 Å². The number of aromatic nitrogens is 2. The number of carboxylic acids is 1. The number of hydrogen-bond donors (Lipinski definition) is 0. The summed E-state index contributed by atoms with van der Waals surface area (Å²) in [4.78, 5) is 15.7. The molecule has 0 N–H and O–H groups in total. The van der Waals surface area contributed by atoms with Crippen molar-refractivity contribution in [1.82, 2.24) is 9.55 Å². The van der Waals surface area contributed by atoms with Crippen molar-refractivity contribution in [3.05, 3.63) is 114 Å². The Kier molecular flexibility index (Phi) is 5.77. The maximum atomic E-state index is 11.5. The van der Waals surface area contributed by atoms with E-state index >= 15 is 0 Å². The number of ether oxygens (including phenoxy) is 2. The number of benzene rings is 3. The zero-order valence-corrected chi connectivity index (χ0v) is 18.0. The van der Waals surface area contributed by atoms with Crippen LogP contribution in [-0.4, -0.2) is 28.2 Å². The molecule has 0 saturated carbocycles. The van der Waals surface area contributed by atoms with E-state index in [2.05, 4.69) is 29.2 Å². The molecule has 6 nitrogen and oxygen atoms in total. The summed E-state index contributed by atoms with van der Waals surface area (Å²) >= 11 is 0. The lowest BCUT2D eigenvalue weighted by molar-refractivity contribution is -0.255. The highest BCUT2D eigenvalue weighted by molar-refractivity contribution is 5.87. The summed E-state index contributed by atoms with van der Waals surface area (Å²) in [5.41, 5.74) is 3.99.